The van der Waals surface area contributed by atoms with E-state index >= 15 is 0 Å². The Morgan fingerprint density at radius 2 is 1.66 bits per heavy atom. The molecule has 3 aromatic heterocycles. The van der Waals surface area contributed by atoms with Crippen LogP contribution < -0.4 is 10.6 Å². The molecule has 4 aromatic rings. The largest absolute Gasteiger partial charge is 0.439 e. The summed E-state index contributed by atoms with van der Waals surface area (Å²) in [5.74, 6) is -3.82. The molecule has 4 rings (SSSR count). The Bertz CT molecular complexity index is 1710. The van der Waals surface area contributed by atoms with Crippen LogP contribution in [0.1, 0.15) is 44.9 Å². The molecular formula is C24H18Cl2F7N9O2. The average molecular weight is 668 g/mol. The molecule has 0 fully saturated rings. The minimum absolute atomic E-state index is 0.000575. The fourth-order valence-electron chi connectivity index (χ4n) is 3.89. The maximum absolute atomic E-state index is 14.4. The molecule has 2 N–H and O–H groups in total. The lowest BCUT2D eigenvalue weighted by atomic mass is 10.1. The summed E-state index contributed by atoms with van der Waals surface area (Å²) in [6.45, 7) is 2.75. The number of aryl methyl sites for hydroxylation is 1. The molecule has 0 aliphatic heterocycles. The van der Waals surface area contributed by atoms with Gasteiger partial charge in [0.05, 0.1) is 22.0 Å². The number of anilines is 1. The third-order valence-electron chi connectivity index (χ3n) is 5.90. The van der Waals surface area contributed by atoms with Gasteiger partial charge in [0.15, 0.2) is 5.82 Å². The highest BCUT2D eigenvalue weighted by Crippen LogP contribution is 2.51. The van der Waals surface area contributed by atoms with Crippen molar-refractivity contribution in [2.75, 3.05) is 11.9 Å². The zero-order valence-electron chi connectivity index (χ0n) is 22.2. The molecule has 0 spiro atoms. The number of carbonyl (C=O) groups is 2. The van der Waals surface area contributed by atoms with E-state index in [9.17, 15) is 40.3 Å². The van der Waals surface area contributed by atoms with Gasteiger partial charge < -0.3 is 10.6 Å². The number of aromatic nitrogens is 7. The van der Waals surface area contributed by atoms with Crippen LogP contribution in [-0.4, -0.2) is 65.7 Å². The van der Waals surface area contributed by atoms with Crippen molar-refractivity contribution >= 4 is 40.7 Å². The van der Waals surface area contributed by atoms with Gasteiger partial charge in [0.1, 0.15) is 12.2 Å². The van der Waals surface area contributed by atoms with Gasteiger partial charge in [0.2, 0.25) is 5.82 Å². The first kappa shape index (κ1) is 32.6. The van der Waals surface area contributed by atoms with Crippen molar-refractivity contribution in [3.8, 4) is 5.82 Å². The average Bonchev–Trinajstić information content (AvgIpc) is 3.56. The highest BCUT2D eigenvalue weighted by atomic mass is 35.5. The van der Waals surface area contributed by atoms with Crippen LogP contribution in [0, 0.1) is 6.92 Å². The highest BCUT2D eigenvalue weighted by molar-refractivity contribution is 6.32. The summed E-state index contributed by atoms with van der Waals surface area (Å²) in [7, 11) is 0. The molecule has 0 saturated carbocycles. The van der Waals surface area contributed by atoms with Crippen molar-refractivity contribution in [3.63, 3.8) is 0 Å². The van der Waals surface area contributed by atoms with E-state index in [1.165, 1.54) is 30.5 Å². The van der Waals surface area contributed by atoms with Gasteiger partial charge in [-0.05, 0) is 55.0 Å². The number of nitrogens with one attached hydrogen (secondary N) is 2. The number of pyridine rings is 1. The zero-order valence-corrected chi connectivity index (χ0v) is 23.7. The predicted octanol–water partition coefficient (Wildman–Crippen LogP) is 5.21. The molecule has 20 heteroatoms. The lowest BCUT2D eigenvalue weighted by Crippen LogP contribution is -2.51. The molecule has 3 heterocycles. The summed E-state index contributed by atoms with van der Waals surface area (Å²) in [6, 6.07) is 6.77. The summed E-state index contributed by atoms with van der Waals surface area (Å²) >= 11 is 12.3. The van der Waals surface area contributed by atoms with Crippen LogP contribution in [0.4, 0.5) is 36.4 Å². The molecule has 2 amide bonds. The van der Waals surface area contributed by atoms with E-state index in [0.29, 0.717) is 5.56 Å². The van der Waals surface area contributed by atoms with Crippen molar-refractivity contribution in [2.24, 2.45) is 0 Å². The number of rotatable bonds is 8. The monoisotopic (exact) mass is 667 g/mol. The fraction of sp³-hybridized carbons (Fsp3) is 0.292. The van der Waals surface area contributed by atoms with Gasteiger partial charge in [-0.2, -0.15) is 36.2 Å². The number of carbonyl (C=O) groups excluding carboxylic acids is 2. The smallest absolute Gasteiger partial charge is 0.352 e. The molecular weight excluding hydrogens is 650 g/mol. The molecule has 0 unspecified atom stereocenters. The third kappa shape index (κ3) is 6.17. The summed E-state index contributed by atoms with van der Waals surface area (Å²) in [6.07, 6.45) is -11.6. The first-order valence-electron chi connectivity index (χ1n) is 12.2. The van der Waals surface area contributed by atoms with Gasteiger partial charge in [-0.15, -0.1) is 10.2 Å². The van der Waals surface area contributed by atoms with E-state index in [4.69, 9.17) is 23.2 Å². The maximum atomic E-state index is 14.4. The van der Waals surface area contributed by atoms with Crippen LogP contribution in [0.3, 0.4) is 0 Å². The summed E-state index contributed by atoms with van der Waals surface area (Å²) in [5, 5.41) is 18.2. The van der Waals surface area contributed by atoms with Crippen molar-refractivity contribution in [1.82, 2.24) is 40.3 Å². The van der Waals surface area contributed by atoms with Gasteiger partial charge in [0, 0.05) is 17.8 Å². The van der Waals surface area contributed by atoms with E-state index < -0.39 is 42.2 Å². The number of halogens is 9. The molecule has 0 radical (unpaired) electrons. The van der Waals surface area contributed by atoms with E-state index in [2.05, 4.69) is 36.1 Å². The van der Waals surface area contributed by atoms with Crippen LogP contribution in [0.15, 0.2) is 36.5 Å². The lowest BCUT2D eigenvalue weighted by Gasteiger charge is -2.26. The fourth-order valence-corrected chi connectivity index (χ4v) is 4.37. The van der Waals surface area contributed by atoms with Crippen LogP contribution >= 0.6 is 23.2 Å². The topological polar surface area (TPSA) is 133 Å². The third-order valence-corrected chi connectivity index (χ3v) is 6.41. The Kier molecular flexibility index (Phi) is 8.88. The molecule has 0 bridgehead atoms. The van der Waals surface area contributed by atoms with E-state index in [1.807, 2.05) is 0 Å². The first-order chi connectivity index (χ1) is 20.5. The van der Waals surface area contributed by atoms with Gasteiger partial charge in [-0.3, -0.25) is 9.59 Å². The van der Waals surface area contributed by atoms with Crippen molar-refractivity contribution in [3.05, 3.63) is 74.9 Å². The van der Waals surface area contributed by atoms with Gasteiger partial charge in [-0.1, -0.05) is 23.2 Å². The molecule has 11 nitrogen and oxygen atoms in total. The maximum Gasteiger partial charge on any atom is 0.439 e. The Labute approximate surface area is 252 Å². The predicted molar refractivity (Wildman–Crippen MR) is 140 cm³/mol. The second-order valence-corrected chi connectivity index (χ2v) is 9.84. The number of benzene rings is 1. The number of amides is 2. The Hall–Kier alpha value is -4.32. The van der Waals surface area contributed by atoms with Crippen LogP contribution in [0.5, 0.6) is 0 Å². The minimum Gasteiger partial charge on any atom is -0.352 e. The van der Waals surface area contributed by atoms with Crippen LogP contribution in [0.25, 0.3) is 5.82 Å². The number of hydrogen-bond acceptors (Lipinski definition) is 7. The SMILES string of the molecule is CCNC(=O)c1cc(Cl)cc(C)c1NC(=O)c1cc(Cn2nnc(C(F)(C(F)(F)F)C(F)(F)F)n2)nn1-c1ncccc1Cl. The number of tetrazole rings is 1. The summed E-state index contributed by atoms with van der Waals surface area (Å²) in [5.41, 5.74) is -5.90. The van der Waals surface area contributed by atoms with Gasteiger partial charge in [-0.25, -0.2) is 14.1 Å². The highest BCUT2D eigenvalue weighted by Gasteiger charge is 2.76. The normalized spacial score (nSPS) is 12.3. The van der Waals surface area contributed by atoms with Gasteiger partial charge in [0.25, 0.3) is 11.8 Å². The van der Waals surface area contributed by atoms with Crippen molar-refractivity contribution in [2.45, 2.75) is 38.4 Å². The number of alkyl halides is 7. The second kappa shape index (κ2) is 12.0. The standard InChI is InChI=1S/C24H18Cl2F7N9O2/c1-3-34-19(43)14-8-12(25)7-11(2)17(14)36-20(44)16-9-13(38-42(16)18-15(26)5-4-6-35-18)10-41-39-21(37-40-41)22(27,23(28,29)30)24(31,32)33/h4-9H,3,10H2,1-2H3,(H,34,43)(H,36,44). The van der Waals surface area contributed by atoms with Crippen LogP contribution in [-0.2, 0) is 12.2 Å². The number of hydrogen-bond donors (Lipinski definition) is 2. The van der Waals surface area contributed by atoms with Gasteiger partial charge >= 0.3 is 18.0 Å². The lowest BCUT2D eigenvalue weighted by molar-refractivity contribution is -0.351. The minimum atomic E-state index is -6.45. The van der Waals surface area contributed by atoms with Crippen molar-refractivity contribution in [1.29, 1.82) is 0 Å². The van der Waals surface area contributed by atoms with Crippen molar-refractivity contribution < 1.29 is 40.3 Å². The Morgan fingerprint density at radius 1 is 0.977 bits per heavy atom. The first-order valence-corrected chi connectivity index (χ1v) is 12.9. The zero-order chi connectivity index (χ0) is 32.6. The van der Waals surface area contributed by atoms with E-state index in [1.54, 1.807) is 13.8 Å². The molecule has 234 valence electrons. The Balaban J connectivity index is 1.75. The Morgan fingerprint density at radius 3 is 2.27 bits per heavy atom. The molecule has 0 saturated heterocycles. The quantitative estimate of drug-likeness (QED) is 0.247. The van der Waals surface area contributed by atoms with Crippen LogP contribution in [0.2, 0.25) is 10.0 Å². The van der Waals surface area contributed by atoms with E-state index in [0.717, 1.165) is 10.7 Å². The molecule has 0 atom stereocenters. The van der Waals surface area contributed by atoms with E-state index in [-0.39, 0.29) is 49.8 Å². The molecule has 0 aliphatic rings. The molecule has 1 aromatic carbocycles. The molecule has 0 aliphatic carbocycles. The number of nitrogens with zero attached hydrogens (tertiary/aromatic N) is 7. The summed E-state index contributed by atoms with van der Waals surface area (Å²) in [4.78, 5) is 30.5. The summed E-state index contributed by atoms with van der Waals surface area (Å²) < 4.78 is 94.0. The second-order valence-electron chi connectivity index (χ2n) is 9.00. The molecule has 44 heavy (non-hydrogen) atoms.